The van der Waals surface area contributed by atoms with Crippen LogP contribution in [0.1, 0.15) is 5.56 Å². The van der Waals surface area contributed by atoms with E-state index in [1.165, 1.54) is 18.3 Å². The first kappa shape index (κ1) is 15.6. The van der Waals surface area contributed by atoms with Gasteiger partial charge in [0.25, 0.3) is 5.69 Å². The molecule has 0 aliphatic heterocycles. The van der Waals surface area contributed by atoms with Crippen molar-refractivity contribution in [3.8, 4) is 0 Å². The van der Waals surface area contributed by atoms with Crippen molar-refractivity contribution in [3.05, 3.63) is 64.2 Å². The summed E-state index contributed by atoms with van der Waals surface area (Å²) >= 11 is 0. The number of nitrogens with two attached hydrogens (primary N) is 1. The molecule has 0 unspecified atom stereocenters. The first-order valence-electron chi connectivity index (χ1n) is 6.03. The lowest BCUT2D eigenvalue weighted by Crippen LogP contribution is -2.12. The lowest BCUT2D eigenvalue weighted by atomic mass is 10.2. The van der Waals surface area contributed by atoms with Gasteiger partial charge in [-0.15, -0.1) is 0 Å². The number of hydrogen-bond acceptors (Lipinski definition) is 6. The molecule has 0 saturated heterocycles. The summed E-state index contributed by atoms with van der Waals surface area (Å²) in [5.41, 5.74) is 2.94. The molecule has 0 amide bonds. The van der Waals surface area contributed by atoms with Crippen LogP contribution in [-0.2, 0) is 10.0 Å². The van der Waals surface area contributed by atoms with Crippen molar-refractivity contribution < 1.29 is 13.3 Å². The second kappa shape index (κ2) is 6.33. The van der Waals surface area contributed by atoms with E-state index in [2.05, 4.69) is 10.5 Å². The van der Waals surface area contributed by atoms with Crippen molar-refractivity contribution in [2.75, 3.05) is 5.43 Å². The molecule has 0 aliphatic rings. The smallest absolute Gasteiger partial charge is 0.272 e. The van der Waals surface area contributed by atoms with E-state index in [-0.39, 0.29) is 10.6 Å². The molecule has 114 valence electrons. The number of benzene rings is 2. The van der Waals surface area contributed by atoms with Crippen LogP contribution in [0.2, 0.25) is 0 Å². The number of hydrazone groups is 1. The molecule has 2 rings (SSSR count). The summed E-state index contributed by atoms with van der Waals surface area (Å²) in [4.78, 5) is 9.96. The molecule has 0 spiro atoms. The van der Waals surface area contributed by atoms with E-state index < -0.39 is 20.6 Å². The minimum absolute atomic E-state index is 0.0598. The third-order valence-electron chi connectivity index (χ3n) is 2.69. The van der Waals surface area contributed by atoms with Crippen LogP contribution in [0.3, 0.4) is 0 Å². The van der Waals surface area contributed by atoms with Gasteiger partial charge in [0.05, 0.1) is 16.0 Å². The second-order valence-electron chi connectivity index (χ2n) is 4.26. The molecular weight excluding hydrogens is 308 g/mol. The zero-order chi connectivity index (χ0) is 16.2. The van der Waals surface area contributed by atoms with Gasteiger partial charge in [-0.3, -0.25) is 15.5 Å². The highest BCUT2D eigenvalue weighted by Gasteiger charge is 2.18. The summed E-state index contributed by atoms with van der Waals surface area (Å²) in [7, 11) is -4.01. The molecule has 0 aromatic heterocycles. The molecule has 0 aliphatic carbocycles. The standard InChI is InChI=1S/C13H12N4O4S/c14-22(20,21)11-6-7-12(13(8-11)17(18)19)16-15-9-10-4-2-1-3-5-10/h1-9,16H,(H2,14,20,21)/b15-9+. The third-order valence-corrected chi connectivity index (χ3v) is 3.60. The number of nitrogens with zero attached hydrogens (tertiary/aromatic N) is 2. The zero-order valence-corrected chi connectivity index (χ0v) is 12.0. The fraction of sp³-hybridized carbons (Fsp3) is 0. The third kappa shape index (κ3) is 3.87. The minimum atomic E-state index is -4.01. The molecule has 0 radical (unpaired) electrons. The summed E-state index contributed by atoms with van der Waals surface area (Å²) in [5.74, 6) is 0. The van der Waals surface area contributed by atoms with Crippen LogP contribution in [-0.4, -0.2) is 19.6 Å². The summed E-state index contributed by atoms with van der Waals surface area (Å²) in [6, 6.07) is 12.4. The van der Waals surface area contributed by atoms with Crippen molar-refractivity contribution in [2.24, 2.45) is 10.2 Å². The van der Waals surface area contributed by atoms with Crippen LogP contribution in [0.25, 0.3) is 0 Å². The van der Waals surface area contributed by atoms with Gasteiger partial charge in [0.1, 0.15) is 5.69 Å². The largest absolute Gasteiger partial charge is 0.295 e. The van der Waals surface area contributed by atoms with E-state index in [0.29, 0.717) is 0 Å². The highest BCUT2D eigenvalue weighted by Crippen LogP contribution is 2.27. The van der Waals surface area contributed by atoms with E-state index in [1.807, 2.05) is 30.3 Å². The molecule has 2 aromatic carbocycles. The van der Waals surface area contributed by atoms with Gasteiger partial charge in [-0.25, -0.2) is 13.6 Å². The Morgan fingerprint density at radius 1 is 1.18 bits per heavy atom. The fourth-order valence-electron chi connectivity index (χ4n) is 1.65. The molecule has 0 bridgehead atoms. The van der Waals surface area contributed by atoms with Crippen LogP contribution in [0, 0.1) is 10.1 Å². The number of nitro benzene ring substituents is 1. The normalized spacial score (nSPS) is 11.5. The first-order chi connectivity index (χ1) is 10.4. The Labute approximate surface area is 126 Å². The predicted octanol–water partition coefficient (Wildman–Crippen LogP) is 1.69. The van der Waals surface area contributed by atoms with E-state index in [0.717, 1.165) is 11.6 Å². The molecule has 0 heterocycles. The first-order valence-corrected chi connectivity index (χ1v) is 7.58. The Morgan fingerprint density at radius 2 is 1.86 bits per heavy atom. The zero-order valence-electron chi connectivity index (χ0n) is 11.2. The van der Waals surface area contributed by atoms with Crippen molar-refractivity contribution in [2.45, 2.75) is 4.90 Å². The van der Waals surface area contributed by atoms with Crippen LogP contribution >= 0.6 is 0 Å². The van der Waals surface area contributed by atoms with Gasteiger partial charge in [-0.05, 0) is 17.7 Å². The molecule has 3 N–H and O–H groups in total. The van der Waals surface area contributed by atoms with Crippen LogP contribution < -0.4 is 10.6 Å². The Bertz CT molecular complexity index is 819. The van der Waals surface area contributed by atoms with Crippen LogP contribution in [0.4, 0.5) is 11.4 Å². The molecule has 22 heavy (non-hydrogen) atoms. The van der Waals surface area contributed by atoms with Crippen molar-refractivity contribution >= 4 is 27.6 Å². The quantitative estimate of drug-likeness (QED) is 0.492. The number of anilines is 1. The van der Waals surface area contributed by atoms with E-state index in [9.17, 15) is 18.5 Å². The highest BCUT2D eigenvalue weighted by molar-refractivity contribution is 7.89. The summed E-state index contributed by atoms with van der Waals surface area (Å²) in [5, 5.41) is 19.9. The van der Waals surface area contributed by atoms with E-state index >= 15 is 0 Å². The maximum absolute atomic E-state index is 11.2. The van der Waals surface area contributed by atoms with Crippen molar-refractivity contribution in [1.82, 2.24) is 0 Å². The van der Waals surface area contributed by atoms with Gasteiger partial charge >= 0.3 is 0 Å². The van der Waals surface area contributed by atoms with Gasteiger partial charge in [0, 0.05) is 6.07 Å². The molecule has 0 atom stereocenters. The monoisotopic (exact) mass is 320 g/mol. The van der Waals surface area contributed by atoms with E-state index in [4.69, 9.17) is 5.14 Å². The number of primary sulfonamides is 1. The predicted molar refractivity (Wildman–Crippen MR) is 82.1 cm³/mol. The minimum Gasteiger partial charge on any atom is -0.272 e. The molecule has 8 nitrogen and oxygen atoms in total. The topological polar surface area (TPSA) is 128 Å². The Morgan fingerprint density at radius 3 is 2.45 bits per heavy atom. The average Bonchev–Trinajstić information content (AvgIpc) is 2.47. The Balaban J connectivity index is 2.28. The SMILES string of the molecule is NS(=O)(=O)c1ccc(N/N=C/c2ccccc2)c([N+](=O)[O-])c1. The maximum Gasteiger partial charge on any atom is 0.295 e. The Hall–Kier alpha value is -2.78. The Kier molecular flexibility index (Phi) is 4.49. The lowest BCUT2D eigenvalue weighted by Gasteiger charge is -2.04. The summed E-state index contributed by atoms with van der Waals surface area (Å²) in [6.07, 6.45) is 1.48. The van der Waals surface area contributed by atoms with Gasteiger partial charge in [0.15, 0.2) is 0 Å². The number of rotatable bonds is 5. The number of nitrogens with one attached hydrogen (secondary N) is 1. The van der Waals surface area contributed by atoms with Crippen molar-refractivity contribution in [1.29, 1.82) is 0 Å². The summed E-state index contributed by atoms with van der Waals surface area (Å²) in [6.45, 7) is 0. The van der Waals surface area contributed by atoms with Gasteiger partial charge in [-0.2, -0.15) is 5.10 Å². The van der Waals surface area contributed by atoms with Gasteiger partial charge in [-0.1, -0.05) is 30.3 Å². The number of nitro groups is 1. The van der Waals surface area contributed by atoms with Crippen molar-refractivity contribution in [3.63, 3.8) is 0 Å². The maximum atomic E-state index is 11.2. The van der Waals surface area contributed by atoms with Crippen LogP contribution in [0.15, 0.2) is 58.5 Å². The molecule has 0 fully saturated rings. The van der Waals surface area contributed by atoms with Gasteiger partial charge < -0.3 is 0 Å². The fourth-order valence-corrected chi connectivity index (χ4v) is 2.18. The highest BCUT2D eigenvalue weighted by atomic mass is 32.2. The van der Waals surface area contributed by atoms with E-state index in [1.54, 1.807) is 0 Å². The molecule has 9 heteroatoms. The van der Waals surface area contributed by atoms with Gasteiger partial charge in [0.2, 0.25) is 10.0 Å². The lowest BCUT2D eigenvalue weighted by molar-refractivity contribution is -0.384. The molecule has 0 saturated carbocycles. The molecular formula is C13H12N4O4S. The number of sulfonamides is 1. The van der Waals surface area contributed by atoms with Crippen LogP contribution in [0.5, 0.6) is 0 Å². The molecule has 2 aromatic rings. The second-order valence-corrected chi connectivity index (χ2v) is 5.82. The average molecular weight is 320 g/mol. The summed E-state index contributed by atoms with van der Waals surface area (Å²) < 4.78 is 22.4. The number of hydrogen-bond donors (Lipinski definition) is 2.